The zero-order valence-electron chi connectivity index (χ0n) is 10.4. The first-order valence-electron chi connectivity index (χ1n) is 5.62. The molecule has 22 heavy (non-hydrogen) atoms. The van der Waals surface area contributed by atoms with Crippen LogP contribution in [0.3, 0.4) is 0 Å². The first kappa shape index (κ1) is 16.8. The average molecular weight is 400 g/mol. The zero-order valence-corrected chi connectivity index (χ0v) is 12.7. The van der Waals surface area contributed by atoms with Gasteiger partial charge in [-0.2, -0.15) is 27.2 Å². The van der Waals surface area contributed by atoms with Gasteiger partial charge in [-0.05, 0) is 33.6 Å². The second-order valence-electron chi connectivity index (χ2n) is 4.25. The molecule has 0 aliphatic heterocycles. The summed E-state index contributed by atoms with van der Waals surface area (Å²) in [4.78, 5) is 2.00. The molecular formula is C13H5BrClF5N2. The topological polar surface area (TPSA) is 39.6 Å². The Hall–Kier alpha value is -1.59. The van der Waals surface area contributed by atoms with E-state index in [0.29, 0.717) is 5.02 Å². The number of halogens is 7. The third kappa shape index (κ3) is 2.71. The minimum Gasteiger partial charge on any atom is -0.351 e. The summed E-state index contributed by atoms with van der Waals surface area (Å²) < 4.78 is 63.9. The van der Waals surface area contributed by atoms with Crippen molar-refractivity contribution in [3.63, 3.8) is 0 Å². The van der Waals surface area contributed by atoms with Gasteiger partial charge in [-0.15, -0.1) is 0 Å². The number of H-pyrrole nitrogens is 1. The molecule has 0 saturated carbocycles. The largest absolute Gasteiger partial charge is 0.459 e. The molecule has 2 nitrogen and oxygen atoms in total. The first-order valence-corrected chi connectivity index (χ1v) is 6.79. The Balaban J connectivity index is 2.67. The van der Waals surface area contributed by atoms with Gasteiger partial charge in [-0.3, -0.25) is 0 Å². The molecule has 0 amide bonds. The SMILES string of the molecule is N#Cc1c(-c2ccc(Cl)cc2)[nH]c(C(F)(F)C(F)(F)F)c1Br. The fourth-order valence-corrected chi connectivity index (χ4v) is 2.53. The monoisotopic (exact) mass is 398 g/mol. The number of rotatable bonds is 2. The van der Waals surface area contributed by atoms with E-state index in [0.717, 1.165) is 0 Å². The molecule has 0 spiro atoms. The van der Waals surface area contributed by atoms with Gasteiger partial charge < -0.3 is 4.98 Å². The van der Waals surface area contributed by atoms with Crippen LogP contribution in [0.15, 0.2) is 28.7 Å². The highest BCUT2D eigenvalue weighted by molar-refractivity contribution is 9.10. The van der Waals surface area contributed by atoms with Crippen LogP contribution in [0.25, 0.3) is 11.3 Å². The van der Waals surface area contributed by atoms with Gasteiger partial charge in [0.05, 0.1) is 15.7 Å². The highest BCUT2D eigenvalue weighted by atomic mass is 79.9. The number of nitrogens with one attached hydrogen (secondary N) is 1. The van der Waals surface area contributed by atoms with E-state index in [4.69, 9.17) is 16.9 Å². The molecule has 0 radical (unpaired) electrons. The second-order valence-corrected chi connectivity index (χ2v) is 5.48. The van der Waals surface area contributed by atoms with Gasteiger partial charge in [0.2, 0.25) is 0 Å². The Kier molecular flexibility index (Phi) is 4.24. The third-order valence-electron chi connectivity index (χ3n) is 2.85. The predicted molar refractivity (Wildman–Crippen MR) is 73.6 cm³/mol. The molecule has 1 heterocycles. The molecule has 1 N–H and O–H groups in total. The van der Waals surface area contributed by atoms with Gasteiger partial charge >= 0.3 is 12.1 Å². The van der Waals surface area contributed by atoms with Crippen LogP contribution in [0.5, 0.6) is 0 Å². The van der Waals surface area contributed by atoms with Crippen LogP contribution in [0.4, 0.5) is 22.0 Å². The van der Waals surface area contributed by atoms with Crippen molar-refractivity contribution in [2.75, 3.05) is 0 Å². The number of hydrogen-bond donors (Lipinski definition) is 1. The highest BCUT2D eigenvalue weighted by Gasteiger charge is 2.61. The van der Waals surface area contributed by atoms with Crippen molar-refractivity contribution in [2.24, 2.45) is 0 Å². The number of hydrogen-bond acceptors (Lipinski definition) is 1. The van der Waals surface area contributed by atoms with Gasteiger partial charge in [0.25, 0.3) is 0 Å². The summed E-state index contributed by atoms with van der Waals surface area (Å²) in [6, 6.07) is 7.26. The van der Waals surface area contributed by atoms with Crippen LogP contribution in [0.1, 0.15) is 11.3 Å². The van der Waals surface area contributed by atoms with Crippen LogP contribution >= 0.6 is 27.5 Å². The van der Waals surface area contributed by atoms with E-state index >= 15 is 0 Å². The van der Waals surface area contributed by atoms with Crippen LogP contribution in [-0.4, -0.2) is 11.2 Å². The molecule has 0 unspecified atom stereocenters. The Morgan fingerprint density at radius 2 is 1.64 bits per heavy atom. The van der Waals surface area contributed by atoms with E-state index in [9.17, 15) is 22.0 Å². The molecule has 0 aliphatic rings. The van der Waals surface area contributed by atoms with Gasteiger partial charge in [0, 0.05) is 5.02 Å². The lowest BCUT2D eigenvalue weighted by atomic mass is 10.1. The first-order chi connectivity index (χ1) is 10.1. The summed E-state index contributed by atoms with van der Waals surface area (Å²) in [5.41, 5.74) is -1.65. The Labute approximate surface area is 134 Å². The minimum atomic E-state index is -5.79. The summed E-state index contributed by atoms with van der Waals surface area (Å²) in [7, 11) is 0. The normalized spacial score (nSPS) is 12.3. The fraction of sp³-hybridized carbons (Fsp3) is 0.154. The van der Waals surface area contributed by atoms with Crippen molar-refractivity contribution in [1.82, 2.24) is 4.98 Å². The molecule has 0 atom stereocenters. The summed E-state index contributed by atoms with van der Waals surface area (Å²) in [6.45, 7) is 0. The quantitative estimate of drug-likeness (QED) is 0.654. The molecule has 0 bridgehead atoms. The van der Waals surface area contributed by atoms with E-state index in [-0.39, 0.29) is 16.8 Å². The van der Waals surface area contributed by atoms with Crippen molar-refractivity contribution in [1.29, 1.82) is 5.26 Å². The van der Waals surface area contributed by atoms with E-state index < -0.39 is 22.3 Å². The lowest BCUT2D eigenvalue weighted by Crippen LogP contribution is -2.34. The maximum Gasteiger partial charge on any atom is 0.459 e. The number of alkyl halides is 5. The van der Waals surface area contributed by atoms with Crippen molar-refractivity contribution in [2.45, 2.75) is 12.1 Å². The van der Waals surface area contributed by atoms with Crippen LogP contribution < -0.4 is 0 Å². The van der Waals surface area contributed by atoms with Crippen LogP contribution in [0, 0.1) is 11.3 Å². The van der Waals surface area contributed by atoms with E-state index in [2.05, 4.69) is 15.9 Å². The van der Waals surface area contributed by atoms with E-state index in [1.165, 1.54) is 24.3 Å². The van der Waals surface area contributed by atoms with Gasteiger partial charge in [0.15, 0.2) is 0 Å². The number of nitriles is 1. The molecule has 1 aromatic carbocycles. The predicted octanol–water partition coefficient (Wildman–Crippen LogP) is 5.62. The number of nitrogens with zero attached hydrogens (tertiary/aromatic N) is 1. The smallest absolute Gasteiger partial charge is 0.351 e. The molecule has 2 rings (SSSR count). The second kappa shape index (κ2) is 5.56. The van der Waals surface area contributed by atoms with Gasteiger partial charge in [-0.25, -0.2) is 0 Å². The maximum absolute atomic E-state index is 13.5. The molecule has 2 aromatic rings. The van der Waals surface area contributed by atoms with E-state index in [1.807, 2.05) is 4.98 Å². The summed E-state index contributed by atoms with van der Waals surface area (Å²) in [5, 5.41) is 9.40. The molecule has 9 heteroatoms. The molecule has 0 fully saturated rings. The van der Waals surface area contributed by atoms with Gasteiger partial charge in [-0.1, -0.05) is 23.7 Å². The zero-order chi connectivity index (χ0) is 16.7. The van der Waals surface area contributed by atoms with Crippen LogP contribution in [-0.2, 0) is 5.92 Å². The maximum atomic E-state index is 13.5. The van der Waals surface area contributed by atoms with Crippen molar-refractivity contribution >= 4 is 27.5 Å². The number of aromatic amines is 1. The molecular weight excluding hydrogens is 395 g/mol. The average Bonchev–Trinajstić information content (AvgIpc) is 2.75. The van der Waals surface area contributed by atoms with Crippen molar-refractivity contribution in [3.05, 3.63) is 45.0 Å². The standard InChI is InChI=1S/C13H5BrClF5N2/c14-9-8(5-21)10(6-1-3-7(15)4-2-6)22-11(9)12(16,17)13(18,19)20/h1-4,22H. The molecule has 1 aromatic heterocycles. The Morgan fingerprint density at radius 1 is 1.09 bits per heavy atom. The van der Waals surface area contributed by atoms with Crippen molar-refractivity contribution in [3.8, 4) is 17.3 Å². The minimum absolute atomic E-state index is 0.148. The Bertz CT molecular complexity index is 744. The molecule has 116 valence electrons. The number of aromatic nitrogens is 1. The molecule has 0 saturated heterocycles. The van der Waals surface area contributed by atoms with Crippen LogP contribution in [0.2, 0.25) is 5.02 Å². The number of benzene rings is 1. The van der Waals surface area contributed by atoms with Crippen molar-refractivity contribution < 1.29 is 22.0 Å². The lowest BCUT2D eigenvalue weighted by Gasteiger charge is -2.18. The summed E-state index contributed by atoms with van der Waals surface area (Å²) in [6.07, 6.45) is -5.79. The highest BCUT2D eigenvalue weighted by Crippen LogP contribution is 2.48. The van der Waals surface area contributed by atoms with E-state index in [1.54, 1.807) is 6.07 Å². The summed E-state index contributed by atoms with van der Waals surface area (Å²) >= 11 is 8.33. The summed E-state index contributed by atoms with van der Waals surface area (Å²) in [5.74, 6) is -5.12. The fourth-order valence-electron chi connectivity index (χ4n) is 1.77. The third-order valence-corrected chi connectivity index (χ3v) is 3.90. The van der Waals surface area contributed by atoms with Gasteiger partial charge in [0.1, 0.15) is 11.8 Å². The lowest BCUT2D eigenvalue weighted by molar-refractivity contribution is -0.291. The molecule has 0 aliphatic carbocycles. The Morgan fingerprint density at radius 3 is 2.09 bits per heavy atom.